The van der Waals surface area contributed by atoms with Crippen LogP contribution >= 0.6 is 23.4 Å². The maximum Gasteiger partial charge on any atom is 0.0646 e. The number of nitrogen functional groups attached to an aromatic ring is 1. The Hall–Kier alpha value is -0.340. The van der Waals surface area contributed by atoms with Crippen LogP contribution in [0.25, 0.3) is 0 Å². The molecule has 0 aliphatic heterocycles. The molecular formula is C12H18ClNS. The van der Waals surface area contributed by atoms with Crippen LogP contribution < -0.4 is 5.73 Å². The number of anilines is 1. The van der Waals surface area contributed by atoms with Gasteiger partial charge in [-0.1, -0.05) is 31.9 Å². The molecule has 1 aromatic carbocycles. The highest BCUT2D eigenvalue weighted by Gasteiger charge is 2.06. The van der Waals surface area contributed by atoms with E-state index in [0.717, 1.165) is 11.7 Å². The lowest BCUT2D eigenvalue weighted by atomic mass is 10.2. The normalized spacial score (nSPS) is 12.8. The maximum absolute atomic E-state index is 6.00. The molecule has 1 aromatic rings. The Balaban J connectivity index is 2.73. The van der Waals surface area contributed by atoms with Crippen molar-refractivity contribution in [3.8, 4) is 0 Å². The van der Waals surface area contributed by atoms with Crippen LogP contribution in [0, 0.1) is 12.8 Å². The molecule has 1 unspecified atom stereocenters. The second-order valence-corrected chi connectivity index (χ2v) is 5.43. The average Bonchev–Trinajstić information content (AvgIpc) is 2.21. The Bertz CT molecular complexity index is 339. The van der Waals surface area contributed by atoms with Crippen LogP contribution in [0.2, 0.25) is 5.02 Å². The number of rotatable bonds is 4. The fraction of sp³-hybridized carbons (Fsp3) is 0.500. The third-order valence-corrected chi connectivity index (χ3v) is 4.33. The van der Waals surface area contributed by atoms with Gasteiger partial charge in [0.15, 0.2) is 0 Å². The van der Waals surface area contributed by atoms with Crippen LogP contribution in [0.3, 0.4) is 0 Å². The van der Waals surface area contributed by atoms with Crippen molar-refractivity contribution in [3.63, 3.8) is 0 Å². The van der Waals surface area contributed by atoms with E-state index in [4.69, 9.17) is 17.3 Å². The Kier molecular flexibility index (Phi) is 4.81. The summed E-state index contributed by atoms with van der Waals surface area (Å²) in [6.45, 7) is 6.56. The minimum absolute atomic E-state index is 0.659. The zero-order valence-corrected chi connectivity index (χ0v) is 11.1. The molecule has 84 valence electrons. The maximum atomic E-state index is 6.00. The highest BCUT2D eigenvalue weighted by Crippen LogP contribution is 2.31. The van der Waals surface area contributed by atoms with Gasteiger partial charge in [0.1, 0.15) is 0 Å². The quantitative estimate of drug-likeness (QED) is 0.628. The second kappa shape index (κ2) is 5.66. The zero-order chi connectivity index (χ0) is 11.4. The molecule has 0 saturated heterocycles. The van der Waals surface area contributed by atoms with Gasteiger partial charge in [0.25, 0.3) is 0 Å². The van der Waals surface area contributed by atoms with Gasteiger partial charge in [0.2, 0.25) is 0 Å². The van der Waals surface area contributed by atoms with E-state index in [0.29, 0.717) is 10.7 Å². The van der Waals surface area contributed by atoms with Crippen LogP contribution in [-0.2, 0) is 0 Å². The molecule has 3 heteroatoms. The molecule has 1 atom stereocenters. The van der Waals surface area contributed by atoms with E-state index in [-0.39, 0.29) is 0 Å². The van der Waals surface area contributed by atoms with Crippen molar-refractivity contribution in [1.29, 1.82) is 0 Å². The Morgan fingerprint density at radius 2 is 2.13 bits per heavy atom. The summed E-state index contributed by atoms with van der Waals surface area (Å²) in [7, 11) is 0. The molecule has 0 bridgehead atoms. The van der Waals surface area contributed by atoms with Gasteiger partial charge < -0.3 is 5.73 Å². The Morgan fingerprint density at radius 1 is 1.47 bits per heavy atom. The second-order valence-electron chi connectivity index (χ2n) is 3.96. The minimum atomic E-state index is 0.659. The first-order valence-corrected chi connectivity index (χ1v) is 6.59. The number of nitrogens with two attached hydrogens (primary N) is 1. The predicted molar refractivity (Wildman–Crippen MR) is 70.8 cm³/mol. The highest BCUT2D eigenvalue weighted by molar-refractivity contribution is 7.99. The summed E-state index contributed by atoms with van der Waals surface area (Å²) >= 11 is 7.86. The third kappa shape index (κ3) is 3.62. The standard InChI is InChI=1S/C12H18ClNS/c1-4-8(2)7-15-12-6-10(13)11(14)5-9(12)3/h5-6,8H,4,7,14H2,1-3H3. The number of hydrogen-bond acceptors (Lipinski definition) is 2. The first-order chi connectivity index (χ1) is 7.04. The summed E-state index contributed by atoms with van der Waals surface area (Å²) < 4.78 is 0. The first-order valence-electron chi connectivity index (χ1n) is 5.23. The fourth-order valence-corrected chi connectivity index (χ4v) is 2.61. The topological polar surface area (TPSA) is 26.0 Å². The average molecular weight is 244 g/mol. The van der Waals surface area contributed by atoms with Gasteiger partial charge in [-0.2, -0.15) is 0 Å². The SMILES string of the molecule is CCC(C)CSc1cc(Cl)c(N)cc1C. The van der Waals surface area contributed by atoms with E-state index in [1.54, 1.807) is 0 Å². The summed E-state index contributed by atoms with van der Waals surface area (Å²) in [4.78, 5) is 1.24. The van der Waals surface area contributed by atoms with Crippen molar-refractivity contribution in [2.75, 3.05) is 11.5 Å². The van der Waals surface area contributed by atoms with Gasteiger partial charge >= 0.3 is 0 Å². The van der Waals surface area contributed by atoms with E-state index in [2.05, 4.69) is 20.8 Å². The molecule has 0 spiro atoms. The van der Waals surface area contributed by atoms with Crippen LogP contribution in [-0.4, -0.2) is 5.75 Å². The number of benzene rings is 1. The highest BCUT2D eigenvalue weighted by atomic mass is 35.5. The lowest BCUT2D eigenvalue weighted by Crippen LogP contribution is -1.96. The molecule has 15 heavy (non-hydrogen) atoms. The van der Waals surface area contributed by atoms with Crippen molar-refractivity contribution in [2.45, 2.75) is 32.1 Å². The van der Waals surface area contributed by atoms with E-state index >= 15 is 0 Å². The number of thioether (sulfide) groups is 1. The van der Waals surface area contributed by atoms with Crippen molar-refractivity contribution < 1.29 is 0 Å². The summed E-state index contributed by atoms with van der Waals surface area (Å²) in [5.41, 5.74) is 7.61. The first kappa shape index (κ1) is 12.7. The predicted octanol–water partition coefficient (Wildman–Crippen LogP) is 4.37. The van der Waals surface area contributed by atoms with Gasteiger partial charge in [0, 0.05) is 10.6 Å². The van der Waals surface area contributed by atoms with E-state index in [1.807, 2.05) is 23.9 Å². The molecule has 0 aliphatic rings. The fourth-order valence-electron chi connectivity index (χ4n) is 1.19. The summed E-state index contributed by atoms with van der Waals surface area (Å²) in [6, 6.07) is 3.92. The van der Waals surface area contributed by atoms with Crippen molar-refractivity contribution in [2.24, 2.45) is 5.92 Å². The van der Waals surface area contributed by atoms with Gasteiger partial charge in [-0.15, -0.1) is 11.8 Å². The van der Waals surface area contributed by atoms with Gasteiger partial charge in [-0.3, -0.25) is 0 Å². The molecule has 0 amide bonds. The lowest BCUT2D eigenvalue weighted by Gasteiger charge is -2.11. The molecule has 0 heterocycles. The lowest BCUT2D eigenvalue weighted by molar-refractivity contribution is 0.637. The number of halogens is 1. The summed E-state index contributed by atoms with van der Waals surface area (Å²) in [6.07, 6.45) is 1.22. The van der Waals surface area contributed by atoms with E-state index < -0.39 is 0 Å². The van der Waals surface area contributed by atoms with Gasteiger partial charge in [-0.25, -0.2) is 0 Å². The van der Waals surface area contributed by atoms with E-state index in [9.17, 15) is 0 Å². The number of aryl methyl sites for hydroxylation is 1. The molecule has 0 radical (unpaired) electrons. The van der Waals surface area contributed by atoms with E-state index in [1.165, 1.54) is 16.9 Å². The molecule has 2 N–H and O–H groups in total. The molecule has 1 nitrogen and oxygen atoms in total. The summed E-state index contributed by atoms with van der Waals surface area (Å²) in [5, 5.41) is 0.659. The zero-order valence-electron chi connectivity index (χ0n) is 9.51. The van der Waals surface area contributed by atoms with Crippen LogP contribution in [0.1, 0.15) is 25.8 Å². The minimum Gasteiger partial charge on any atom is -0.398 e. The molecule has 0 aliphatic carbocycles. The smallest absolute Gasteiger partial charge is 0.0646 e. The third-order valence-electron chi connectivity index (χ3n) is 2.51. The molecule has 0 fully saturated rings. The largest absolute Gasteiger partial charge is 0.398 e. The molecule has 1 rings (SSSR count). The van der Waals surface area contributed by atoms with Crippen LogP contribution in [0.5, 0.6) is 0 Å². The van der Waals surface area contributed by atoms with Gasteiger partial charge in [0.05, 0.1) is 10.7 Å². The molecular weight excluding hydrogens is 226 g/mol. The van der Waals surface area contributed by atoms with Crippen LogP contribution in [0.15, 0.2) is 17.0 Å². The Morgan fingerprint density at radius 3 is 2.73 bits per heavy atom. The van der Waals surface area contributed by atoms with Crippen LogP contribution in [0.4, 0.5) is 5.69 Å². The molecule has 0 saturated carbocycles. The summed E-state index contributed by atoms with van der Waals surface area (Å²) in [5.74, 6) is 1.88. The van der Waals surface area contributed by atoms with Crippen molar-refractivity contribution >= 4 is 29.1 Å². The number of hydrogen-bond donors (Lipinski definition) is 1. The van der Waals surface area contributed by atoms with Gasteiger partial charge in [-0.05, 0) is 30.5 Å². The Labute approximate surface area is 101 Å². The van der Waals surface area contributed by atoms with Crippen molar-refractivity contribution in [1.82, 2.24) is 0 Å². The van der Waals surface area contributed by atoms with Crippen molar-refractivity contribution in [3.05, 3.63) is 22.7 Å². The molecule has 0 aromatic heterocycles. The monoisotopic (exact) mass is 243 g/mol.